The molecule has 1 aliphatic carbocycles. The van der Waals surface area contributed by atoms with Gasteiger partial charge in [-0.1, -0.05) is 31.4 Å². The van der Waals surface area contributed by atoms with Gasteiger partial charge >= 0.3 is 0 Å². The van der Waals surface area contributed by atoms with Crippen LogP contribution in [0.2, 0.25) is 0 Å². The van der Waals surface area contributed by atoms with Crippen molar-refractivity contribution in [2.24, 2.45) is 0 Å². The van der Waals surface area contributed by atoms with Gasteiger partial charge in [-0.05, 0) is 30.9 Å². The SMILES string of the molecule is O=Cc1cc2[nH]c(-c3cccc(F)c3)c(C3CCCCC3)c(=O)n2n1. The number of halogens is 1. The summed E-state index contributed by atoms with van der Waals surface area (Å²) >= 11 is 0. The van der Waals surface area contributed by atoms with Gasteiger partial charge in [0.05, 0.1) is 5.69 Å². The van der Waals surface area contributed by atoms with E-state index in [4.69, 9.17) is 0 Å². The molecular formula is C19H18FN3O2. The van der Waals surface area contributed by atoms with E-state index in [1.54, 1.807) is 12.1 Å². The van der Waals surface area contributed by atoms with Gasteiger partial charge in [-0.3, -0.25) is 9.59 Å². The molecule has 4 rings (SSSR count). The third-order valence-electron chi connectivity index (χ3n) is 4.92. The number of carbonyl (C=O) groups is 1. The Morgan fingerprint density at radius 1 is 1.20 bits per heavy atom. The maximum atomic E-state index is 13.7. The minimum Gasteiger partial charge on any atom is -0.339 e. The summed E-state index contributed by atoms with van der Waals surface area (Å²) in [5, 5.41) is 4.07. The first-order valence-electron chi connectivity index (χ1n) is 8.54. The number of aldehydes is 1. The van der Waals surface area contributed by atoms with Crippen molar-refractivity contribution in [3.05, 3.63) is 57.8 Å². The first kappa shape index (κ1) is 15.7. The summed E-state index contributed by atoms with van der Waals surface area (Å²) in [4.78, 5) is 27.3. The monoisotopic (exact) mass is 339 g/mol. The Morgan fingerprint density at radius 2 is 2.00 bits per heavy atom. The first-order valence-corrected chi connectivity index (χ1v) is 8.54. The van der Waals surface area contributed by atoms with Crippen molar-refractivity contribution in [1.29, 1.82) is 0 Å². The van der Waals surface area contributed by atoms with Crippen LogP contribution in [0.1, 0.15) is 54.1 Å². The van der Waals surface area contributed by atoms with Crippen molar-refractivity contribution >= 4 is 11.9 Å². The number of nitrogens with zero attached hydrogens (tertiary/aromatic N) is 2. The molecule has 2 heterocycles. The van der Waals surface area contributed by atoms with Crippen LogP contribution >= 0.6 is 0 Å². The van der Waals surface area contributed by atoms with Crippen molar-refractivity contribution in [3.8, 4) is 11.3 Å². The number of hydrogen-bond acceptors (Lipinski definition) is 3. The Balaban J connectivity index is 2.00. The molecular weight excluding hydrogens is 321 g/mol. The van der Waals surface area contributed by atoms with E-state index in [0.717, 1.165) is 25.7 Å². The van der Waals surface area contributed by atoms with Crippen LogP contribution in [0.15, 0.2) is 35.1 Å². The number of hydrogen-bond donors (Lipinski definition) is 1. The average molecular weight is 339 g/mol. The van der Waals surface area contributed by atoms with Gasteiger partial charge in [-0.15, -0.1) is 0 Å². The number of carbonyl (C=O) groups excluding carboxylic acids is 1. The third-order valence-corrected chi connectivity index (χ3v) is 4.92. The number of H-pyrrole nitrogens is 1. The average Bonchev–Trinajstić information content (AvgIpc) is 3.06. The Kier molecular flexibility index (Phi) is 3.95. The Morgan fingerprint density at radius 3 is 2.72 bits per heavy atom. The zero-order valence-electron chi connectivity index (χ0n) is 13.7. The van der Waals surface area contributed by atoms with Crippen molar-refractivity contribution < 1.29 is 9.18 Å². The zero-order valence-corrected chi connectivity index (χ0v) is 13.7. The number of nitrogens with one attached hydrogen (secondary N) is 1. The van der Waals surface area contributed by atoms with Gasteiger partial charge in [0, 0.05) is 17.2 Å². The lowest BCUT2D eigenvalue weighted by atomic mass is 9.83. The van der Waals surface area contributed by atoms with E-state index in [1.165, 1.54) is 29.1 Å². The number of fused-ring (bicyclic) bond motifs is 1. The molecule has 3 aromatic rings. The minimum absolute atomic E-state index is 0.115. The van der Waals surface area contributed by atoms with Crippen molar-refractivity contribution in [2.45, 2.75) is 38.0 Å². The van der Waals surface area contributed by atoms with Gasteiger partial charge in [-0.25, -0.2) is 4.39 Å². The molecule has 0 saturated heterocycles. The summed E-state index contributed by atoms with van der Waals surface area (Å²) in [6.07, 6.45) is 5.79. The first-order chi connectivity index (χ1) is 12.2. The molecule has 1 N–H and O–H groups in total. The van der Waals surface area contributed by atoms with Crippen molar-refractivity contribution in [1.82, 2.24) is 14.6 Å². The van der Waals surface area contributed by atoms with Crippen molar-refractivity contribution in [2.75, 3.05) is 0 Å². The van der Waals surface area contributed by atoms with Gasteiger partial charge in [0.2, 0.25) is 0 Å². The fourth-order valence-corrected chi connectivity index (χ4v) is 3.76. The second-order valence-corrected chi connectivity index (χ2v) is 6.55. The van der Waals surface area contributed by atoms with Crippen LogP contribution in [0.5, 0.6) is 0 Å². The highest BCUT2D eigenvalue weighted by atomic mass is 19.1. The molecule has 1 aliphatic rings. The van der Waals surface area contributed by atoms with Gasteiger partial charge in [0.25, 0.3) is 5.56 Å². The second kappa shape index (κ2) is 6.27. The second-order valence-electron chi connectivity index (χ2n) is 6.55. The predicted octanol–water partition coefficient (Wildman–Crippen LogP) is 3.69. The summed E-state index contributed by atoms with van der Waals surface area (Å²) in [7, 11) is 0. The van der Waals surface area contributed by atoms with Gasteiger partial charge < -0.3 is 4.98 Å². The number of aromatic nitrogens is 3. The van der Waals surface area contributed by atoms with Crippen molar-refractivity contribution in [3.63, 3.8) is 0 Å². The van der Waals surface area contributed by atoms with Crippen LogP contribution in [0.3, 0.4) is 0 Å². The van der Waals surface area contributed by atoms with E-state index in [0.29, 0.717) is 28.8 Å². The highest BCUT2D eigenvalue weighted by Gasteiger charge is 2.25. The van der Waals surface area contributed by atoms with E-state index >= 15 is 0 Å². The molecule has 1 saturated carbocycles. The highest BCUT2D eigenvalue weighted by molar-refractivity contribution is 5.75. The van der Waals surface area contributed by atoms with Crippen LogP contribution in [0.4, 0.5) is 4.39 Å². The molecule has 0 atom stereocenters. The normalized spacial score (nSPS) is 15.6. The van der Waals surface area contributed by atoms with Crippen LogP contribution in [0, 0.1) is 5.82 Å². The van der Waals surface area contributed by atoms with Gasteiger partial charge in [0.15, 0.2) is 6.29 Å². The van der Waals surface area contributed by atoms with Crippen LogP contribution in [-0.4, -0.2) is 20.9 Å². The summed E-state index contributed by atoms with van der Waals surface area (Å²) < 4.78 is 15.0. The smallest absolute Gasteiger partial charge is 0.278 e. The fourth-order valence-electron chi connectivity index (χ4n) is 3.76. The van der Waals surface area contributed by atoms with Gasteiger partial charge in [0.1, 0.15) is 17.2 Å². The number of rotatable bonds is 3. The van der Waals surface area contributed by atoms with Crippen LogP contribution in [-0.2, 0) is 0 Å². The molecule has 1 fully saturated rings. The lowest BCUT2D eigenvalue weighted by Gasteiger charge is -2.23. The number of aromatic amines is 1. The fraction of sp³-hybridized carbons (Fsp3) is 0.316. The molecule has 0 unspecified atom stereocenters. The topological polar surface area (TPSA) is 67.2 Å². The molecule has 128 valence electrons. The van der Waals surface area contributed by atoms with E-state index in [9.17, 15) is 14.0 Å². The summed E-state index contributed by atoms with van der Waals surface area (Å²) in [5.41, 5.74) is 2.30. The molecule has 6 heteroatoms. The lowest BCUT2D eigenvalue weighted by Crippen LogP contribution is -2.25. The number of benzene rings is 1. The Labute approximate surface area is 143 Å². The Hall–Kier alpha value is -2.76. The quantitative estimate of drug-likeness (QED) is 0.740. The Bertz CT molecular complexity index is 1000. The summed E-state index contributed by atoms with van der Waals surface area (Å²) in [6, 6.07) is 7.75. The highest BCUT2D eigenvalue weighted by Crippen LogP contribution is 2.35. The maximum absolute atomic E-state index is 13.7. The molecule has 1 aromatic carbocycles. The maximum Gasteiger partial charge on any atom is 0.278 e. The molecule has 0 spiro atoms. The van der Waals surface area contributed by atoms with Gasteiger partial charge in [-0.2, -0.15) is 9.61 Å². The summed E-state index contributed by atoms with van der Waals surface area (Å²) in [5.74, 6) is -0.237. The van der Waals surface area contributed by atoms with E-state index in [2.05, 4.69) is 10.1 Å². The molecule has 0 amide bonds. The molecule has 2 aromatic heterocycles. The molecule has 0 aliphatic heterocycles. The molecule has 25 heavy (non-hydrogen) atoms. The predicted molar refractivity (Wildman–Crippen MR) is 92.4 cm³/mol. The lowest BCUT2D eigenvalue weighted by molar-refractivity contribution is 0.111. The van der Waals surface area contributed by atoms with Crippen LogP contribution in [0.25, 0.3) is 16.9 Å². The minimum atomic E-state index is -0.352. The van der Waals surface area contributed by atoms with E-state index < -0.39 is 0 Å². The zero-order chi connectivity index (χ0) is 17.4. The van der Waals surface area contributed by atoms with Crippen LogP contribution < -0.4 is 5.56 Å². The molecule has 5 nitrogen and oxygen atoms in total. The molecule has 0 radical (unpaired) electrons. The molecule has 0 bridgehead atoms. The van der Waals surface area contributed by atoms with E-state index in [1.807, 2.05) is 0 Å². The standard InChI is InChI=1S/C19H18FN3O2/c20-14-8-4-7-13(9-14)18-17(12-5-2-1-3-6-12)19(25)23-16(21-18)10-15(11-24)22-23/h4,7-12,21H,1-3,5-6H2. The third kappa shape index (κ3) is 2.77. The van der Waals surface area contributed by atoms with E-state index in [-0.39, 0.29) is 23.0 Å². The summed E-state index contributed by atoms with van der Waals surface area (Å²) in [6.45, 7) is 0. The largest absolute Gasteiger partial charge is 0.339 e.